The van der Waals surface area contributed by atoms with Crippen molar-refractivity contribution >= 4 is 5.78 Å². The van der Waals surface area contributed by atoms with Crippen LogP contribution in [0.25, 0.3) is 0 Å². The molecule has 1 rings (SSSR count). The topological polar surface area (TPSA) is 29.5 Å². The molecule has 0 aliphatic heterocycles. The summed E-state index contributed by atoms with van der Waals surface area (Å²) < 4.78 is 5.04. The van der Waals surface area contributed by atoms with Gasteiger partial charge in [0, 0.05) is 32.2 Å². The highest BCUT2D eigenvalue weighted by Crippen LogP contribution is 2.04. The molecular weight excluding hydrogens is 214 g/mol. The molecule has 0 heterocycles. The average Bonchev–Trinajstić information content (AvgIpc) is 2.39. The number of rotatable bonds is 8. The van der Waals surface area contributed by atoms with Crippen LogP contribution in [0.2, 0.25) is 0 Å². The molecule has 0 bridgehead atoms. The number of methoxy groups -OCH3 is 1. The Kier molecular flexibility index (Phi) is 6.51. The Morgan fingerprint density at radius 2 is 1.94 bits per heavy atom. The fourth-order valence-electron chi connectivity index (χ4n) is 1.68. The molecule has 3 heteroatoms. The van der Waals surface area contributed by atoms with Gasteiger partial charge in [-0.1, -0.05) is 37.3 Å². The first-order valence-corrected chi connectivity index (χ1v) is 6.07. The first kappa shape index (κ1) is 13.9. The van der Waals surface area contributed by atoms with E-state index in [0.29, 0.717) is 13.0 Å². The van der Waals surface area contributed by atoms with Gasteiger partial charge >= 0.3 is 0 Å². The van der Waals surface area contributed by atoms with Gasteiger partial charge in [0.25, 0.3) is 0 Å². The van der Waals surface area contributed by atoms with E-state index in [1.807, 2.05) is 30.3 Å². The molecule has 0 saturated heterocycles. The third kappa shape index (κ3) is 5.11. The molecule has 0 aromatic heterocycles. The molecule has 0 saturated carbocycles. The predicted molar refractivity (Wildman–Crippen MR) is 69.4 cm³/mol. The maximum absolute atomic E-state index is 11.9. The van der Waals surface area contributed by atoms with Crippen molar-refractivity contribution in [2.75, 3.05) is 33.4 Å². The van der Waals surface area contributed by atoms with Gasteiger partial charge in [0.2, 0.25) is 0 Å². The van der Waals surface area contributed by atoms with Crippen molar-refractivity contribution in [2.45, 2.75) is 13.3 Å². The Morgan fingerprint density at radius 1 is 1.24 bits per heavy atom. The molecule has 0 radical (unpaired) electrons. The van der Waals surface area contributed by atoms with E-state index < -0.39 is 0 Å². The van der Waals surface area contributed by atoms with Crippen molar-refractivity contribution in [2.24, 2.45) is 0 Å². The molecule has 17 heavy (non-hydrogen) atoms. The minimum absolute atomic E-state index is 0.210. The van der Waals surface area contributed by atoms with Crippen LogP contribution < -0.4 is 0 Å². The van der Waals surface area contributed by atoms with Crippen LogP contribution in [0.3, 0.4) is 0 Å². The zero-order chi connectivity index (χ0) is 12.5. The van der Waals surface area contributed by atoms with Crippen LogP contribution >= 0.6 is 0 Å². The first-order chi connectivity index (χ1) is 8.27. The molecule has 1 aromatic rings. The minimum atomic E-state index is 0.210. The number of Topliss-reactive ketones (excluding diaryl/α,β-unsaturated/α-hetero) is 1. The lowest BCUT2D eigenvalue weighted by Gasteiger charge is -2.19. The highest BCUT2D eigenvalue weighted by Gasteiger charge is 2.08. The van der Waals surface area contributed by atoms with E-state index in [1.54, 1.807) is 7.11 Å². The van der Waals surface area contributed by atoms with E-state index in [9.17, 15) is 4.79 Å². The summed E-state index contributed by atoms with van der Waals surface area (Å²) in [6.07, 6.45) is 0.571. The number of likely N-dealkylation sites (N-methyl/N-ethyl adjacent to an activating group) is 1. The number of ketones is 1. The van der Waals surface area contributed by atoms with Crippen molar-refractivity contribution in [3.05, 3.63) is 35.9 Å². The standard InChI is InChI=1S/C14H21NO2/c1-3-15(11-12-17-2)10-9-14(16)13-7-5-4-6-8-13/h4-8H,3,9-12H2,1-2H3. The van der Waals surface area contributed by atoms with E-state index in [1.165, 1.54) is 0 Å². The fourth-order valence-corrected chi connectivity index (χ4v) is 1.68. The Morgan fingerprint density at radius 3 is 2.53 bits per heavy atom. The Hall–Kier alpha value is -1.19. The van der Waals surface area contributed by atoms with Gasteiger partial charge in [-0.05, 0) is 6.54 Å². The van der Waals surface area contributed by atoms with Gasteiger partial charge in [0.05, 0.1) is 6.61 Å². The number of carbonyl (C=O) groups excluding carboxylic acids is 1. The van der Waals surface area contributed by atoms with Gasteiger partial charge in [-0.15, -0.1) is 0 Å². The second-order valence-electron chi connectivity index (χ2n) is 3.97. The Bertz CT molecular complexity index is 324. The Labute approximate surface area is 103 Å². The molecule has 0 N–H and O–H groups in total. The van der Waals surface area contributed by atoms with Crippen LogP contribution in [0.15, 0.2) is 30.3 Å². The van der Waals surface area contributed by atoms with Crippen LogP contribution in [0, 0.1) is 0 Å². The lowest BCUT2D eigenvalue weighted by Crippen LogP contribution is -2.29. The molecule has 1 aromatic carbocycles. The van der Waals surface area contributed by atoms with E-state index in [-0.39, 0.29) is 5.78 Å². The van der Waals surface area contributed by atoms with Crippen LogP contribution in [-0.2, 0) is 4.74 Å². The van der Waals surface area contributed by atoms with Crippen LogP contribution in [0.5, 0.6) is 0 Å². The molecule has 0 unspecified atom stereocenters. The van der Waals surface area contributed by atoms with Crippen LogP contribution in [-0.4, -0.2) is 44.0 Å². The second-order valence-corrected chi connectivity index (χ2v) is 3.97. The van der Waals surface area contributed by atoms with Gasteiger partial charge in [-0.2, -0.15) is 0 Å². The Balaban J connectivity index is 2.36. The van der Waals surface area contributed by atoms with Crippen molar-refractivity contribution in [3.63, 3.8) is 0 Å². The molecule has 0 aliphatic rings. The minimum Gasteiger partial charge on any atom is -0.383 e. The molecule has 0 amide bonds. The van der Waals surface area contributed by atoms with E-state index >= 15 is 0 Å². The zero-order valence-electron chi connectivity index (χ0n) is 10.7. The summed E-state index contributed by atoms with van der Waals surface area (Å²) in [5, 5.41) is 0. The largest absolute Gasteiger partial charge is 0.383 e. The first-order valence-electron chi connectivity index (χ1n) is 6.07. The van der Waals surface area contributed by atoms with Gasteiger partial charge in [-0.3, -0.25) is 4.79 Å². The monoisotopic (exact) mass is 235 g/mol. The number of hydrogen-bond acceptors (Lipinski definition) is 3. The third-order valence-corrected chi connectivity index (χ3v) is 2.81. The van der Waals surface area contributed by atoms with Crippen molar-refractivity contribution < 1.29 is 9.53 Å². The van der Waals surface area contributed by atoms with E-state index in [2.05, 4.69) is 11.8 Å². The lowest BCUT2D eigenvalue weighted by atomic mass is 10.1. The van der Waals surface area contributed by atoms with Gasteiger partial charge in [-0.25, -0.2) is 0 Å². The maximum atomic E-state index is 11.9. The summed E-state index contributed by atoms with van der Waals surface area (Å²) in [6, 6.07) is 9.46. The zero-order valence-corrected chi connectivity index (χ0v) is 10.7. The summed E-state index contributed by atoms with van der Waals surface area (Å²) >= 11 is 0. The highest BCUT2D eigenvalue weighted by molar-refractivity contribution is 5.96. The van der Waals surface area contributed by atoms with E-state index in [0.717, 1.165) is 25.2 Å². The number of hydrogen-bond donors (Lipinski definition) is 0. The number of ether oxygens (including phenoxy) is 1. The van der Waals surface area contributed by atoms with Gasteiger partial charge in [0.1, 0.15) is 0 Å². The van der Waals surface area contributed by atoms with Crippen molar-refractivity contribution in [1.82, 2.24) is 4.90 Å². The summed E-state index contributed by atoms with van der Waals surface area (Å²) in [6.45, 7) is 5.45. The molecule has 94 valence electrons. The molecule has 0 aliphatic carbocycles. The summed E-state index contributed by atoms with van der Waals surface area (Å²) in [5.74, 6) is 0.210. The van der Waals surface area contributed by atoms with Gasteiger partial charge in [0.15, 0.2) is 5.78 Å². The average molecular weight is 235 g/mol. The van der Waals surface area contributed by atoms with Gasteiger partial charge < -0.3 is 9.64 Å². The smallest absolute Gasteiger partial charge is 0.164 e. The second kappa shape index (κ2) is 7.98. The lowest BCUT2D eigenvalue weighted by molar-refractivity contribution is 0.0952. The summed E-state index contributed by atoms with van der Waals surface area (Å²) in [7, 11) is 1.70. The number of nitrogens with zero attached hydrogens (tertiary/aromatic N) is 1. The van der Waals surface area contributed by atoms with Crippen molar-refractivity contribution in [3.8, 4) is 0 Å². The molecule has 0 atom stereocenters. The number of carbonyl (C=O) groups is 1. The highest BCUT2D eigenvalue weighted by atomic mass is 16.5. The molecule has 3 nitrogen and oxygen atoms in total. The van der Waals surface area contributed by atoms with Crippen LogP contribution in [0.1, 0.15) is 23.7 Å². The normalized spacial score (nSPS) is 10.8. The fraction of sp³-hybridized carbons (Fsp3) is 0.500. The summed E-state index contributed by atoms with van der Waals surface area (Å²) in [5.41, 5.74) is 0.801. The molecule has 0 fully saturated rings. The predicted octanol–water partition coefficient (Wildman–Crippen LogP) is 2.23. The quantitative estimate of drug-likeness (QED) is 0.647. The molecular formula is C14H21NO2. The van der Waals surface area contributed by atoms with Crippen LogP contribution in [0.4, 0.5) is 0 Å². The summed E-state index contributed by atoms with van der Waals surface area (Å²) in [4.78, 5) is 14.1. The van der Waals surface area contributed by atoms with E-state index in [4.69, 9.17) is 4.74 Å². The SMILES string of the molecule is CCN(CCOC)CCC(=O)c1ccccc1. The molecule has 0 spiro atoms. The van der Waals surface area contributed by atoms with Crippen molar-refractivity contribution in [1.29, 1.82) is 0 Å². The third-order valence-electron chi connectivity index (χ3n) is 2.81. The maximum Gasteiger partial charge on any atom is 0.164 e. The number of benzene rings is 1.